The van der Waals surface area contributed by atoms with Crippen molar-refractivity contribution in [3.05, 3.63) is 73.9 Å². The average Bonchev–Trinajstić information content (AvgIpc) is 3.52. The van der Waals surface area contributed by atoms with Gasteiger partial charge >= 0.3 is 0 Å². The molecule has 0 spiro atoms. The fourth-order valence-corrected chi connectivity index (χ4v) is 8.01. The van der Waals surface area contributed by atoms with Crippen LogP contribution < -0.4 is 16.0 Å². The van der Waals surface area contributed by atoms with E-state index in [0.29, 0.717) is 33.5 Å². The van der Waals surface area contributed by atoms with E-state index in [0.717, 1.165) is 33.0 Å². The number of nitrogens with two attached hydrogens (primary N) is 1. The van der Waals surface area contributed by atoms with Crippen molar-refractivity contribution in [3.63, 3.8) is 0 Å². The number of carbonyl (C=O) groups excluding carboxylic acids is 2. The fraction of sp³-hybridized carbons (Fsp3) is 0.345. The van der Waals surface area contributed by atoms with Crippen molar-refractivity contribution >= 4 is 56.9 Å². The second-order valence-electron chi connectivity index (χ2n) is 11.0. The summed E-state index contributed by atoms with van der Waals surface area (Å²) in [6.45, 7) is 10.1. The predicted molar refractivity (Wildman–Crippen MR) is 161 cm³/mol. The van der Waals surface area contributed by atoms with Gasteiger partial charge in [0.05, 0.1) is 23.3 Å². The molecule has 1 aliphatic carbocycles. The molecule has 40 heavy (non-hydrogen) atoms. The van der Waals surface area contributed by atoms with Crippen molar-refractivity contribution in [1.29, 1.82) is 5.26 Å². The third-order valence-corrected chi connectivity index (χ3v) is 10.2. The Bertz CT molecular complexity index is 1620. The largest absolute Gasteiger partial charge is 0.384 e. The number of aromatic nitrogens is 2. The molecule has 1 atom stereocenters. The number of amides is 1. The van der Waals surface area contributed by atoms with Crippen LogP contribution in [0.15, 0.2) is 56.6 Å². The fourth-order valence-electron chi connectivity index (χ4n) is 5.29. The number of nitriles is 1. The van der Waals surface area contributed by atoms with Crippen LogP contribution in [0.2, 0.25) is 0 Å². The van der Waals surface area contributed by atoms with Crippen LogP contribution in [0.3, 0.4) is 0 Å². The van der Waals surface area contributed by atoms with E-state index in [1.807, 2.05) is 50.4 Å². The van der Waals surface area contributed by atoms with E-state index in [4.69, 9.17) is 5.73 Å². The summed E-state index contributed by atoms with van der Waals surface area (Å²) in [4.78, 5) is 29.0. The molecule has 3 aromatic rings. The van der Waals surface area contributed by atoms with Crippen LogP contribution in [0.5, 0.6) is 0 Å². The van der Waals surface area contributed by atoms with Crippen molar-refractivity contribution in [2.24, 2.45) is 11.1 Å². The van der Waals surface area contributed by atoms with Crippen LogP contribution in [-0.4, -0.2) is 27.6 Å². The summed E-state index contributed by atoms with van der Waals surface area (Å²) in [5.41, 5.74) is 12.1. The standard InChI is InChI=1S/C29H30N6O2S3/c1-15-6-7-19(17(3)10-15)32-22(37)14-39-28-34-33-27(40-28)35-20-11-29(4,5)12-21(36)24(20)23(18(13-30)26(35)31)25-16(2)8-9-38-25/h6-10,23H,11-12,14,31H2,1-5H3,(H,32,37). The number of hydrogen-bond acceptors (Lipinski definition) is 10. The number of hydrogen-bond donors (Lipinski definition) is 2. The zero-order valence-corrected chi connectivity index (χ0v) is 25.4. The molecule has 1 aromatic carbocycles. The van der Waals surface area contributed by atoms with Gasteiger partial charge in [0.2, 0.25) is 11.0 Å². The predicted octanol–water partition coefficient (Wildman–Crippen LogP) is 6.20. The third kappa shape index (κ3) is 5.31. The van der Waals surface area contributed by atoms with E-state index >= 15 is 0 Å². The van der Waals surface area contributed by atoms with Crippen molar-refractivity contribution < 1.29 is 9.59 Å². The van der Waals surface area contributed by atoms with Gasteiger partial charge in [-0.2, -0.15) is 5.26 Å². The Hall–Kier alpha value is -3.46. The number of nitrogens with zero attached hydrogens (tertiary/aromatic N) is 4. The smallest absolute Gasteiger partial charge is 0.234 e. The highest BCUT2D eigenvalue weighted by Gasteiger charge is 2.46. The SMILES string of the molecule is Cc1ccc(NC(=O)CSc2nnc(N3C(N)=C(C#N)C(c4sccc4C)C4=C3CC(C)(C)CC4=O)s2)c(C)c1. The number of allylic oxidation sites excluding steroid dienone is 3. The molecule has 0 radical (unpaired) electrons. The summed E-state index contributed by atoms with van der Waals surface area (Å²) < 4.78 is 0.594. The van der Waals surface area contributed by atoms with Gasteiger partial charge in [0.15, 0.2) is 10.1 Å². The molecule has 3 N–H and O–H groups in total. The quantitative estimate of drug-likeness (QED) is 0.325. The second-order valence-corrected chi connectivity index (χ2v) is 14.1. The highest BCUT2D eigenvalue weighted by molar-refractivity contribution is 8.01. The summed E-state index contributed by atoms with van der Waals surface area (Å²) in [6.07, 6.45) is 1.00. The maximum absolute atomic E-state index is 13.6. The zero-order valence-electron chi connectivity index (χ0n) is 23.0. The number of benzene rings is 1. The first-order valence-electron chi connectivity index (χ1n) is 12.8. The van der Waals surface area contributed by atoms with E-state index in [9.17, 15) is 14.9 Å². The number of ketones is 1. The topological polar surface area (TPSA) is 125 Å². The van der Waals surface area contributed by atoms with Gasteiger partial charge in [0.25, 0.3) is 0 Å². The van der Waals surface area contributed by atoms with Crippen LogP contribution >= 0.6 is 34.4 Å². The van der Waals surface area contributed by atoms with Gasteiger partial charge in [-0.25, -0.2) is 0 Å². The molecule has 1 unspecified atom stereocenters. The van der Waals surface area contributed by atoms with Gasteiger partial charge in [0.1, 0.15) is 5.82 Å². The maximum Gasteiger partial charge on any atom is 0.234 e. The van der Waals surface area contributed by atoms with Gasteiger partial charge < -0.3 is 11.1 Å². The molecule has 3 heterocycles. The lowest BCUT2D eigenvalue weighted by atomic mass is 9.69. The summed E-state index contributed by atoms with van der Waals surface area (Å²) in [6, 6.07) is 10.2. The number of rotatable bonds is 6. The van der Waals surface area contributed by atoms with Crippen LogP contribution in [-0.2, 0) is 9.59 Å². The minimum Gasteiger partial charge on any atom is -0.384 e. The zero-order chi connectivity index (χ0) is 28.8. The normalized spacial score (nSPS) is 18.6. The Balaban J connectivity index is 1.45. The van der Waals surface area contributed by atoms with Crippen molar-refractivity contribution in [3.8, 4) is 6.07 Å². The molecular weight excluding hydrogens is 561 g/mol. The molecule has 2 aliphatic rings. The Morgan fingerprint density at radius 1 is 1.23 bits per heavy atom. The van der Waals surface area contributed by atoms with E-state index in [2.05, 4.69) is 35.4 Å². The van der Waals surface area contributed by atoms with Crippen molar-refractivity contribution in [1.82, 2.24) is 10.2 Å². The minimum atomic E-state index is -0.490. The molecule has 0 fully saturated rings. The van der Waals surface area contributed by atoms with Gasteiger partial charge in [-0.15, -0.1) is 21.5 Å². The highest BCUT2D eigenvalue weighted by Crippen LogP contribution is 2.52. The number of nitrogens with one attached hydrogen (secondary N) is 1. The summed E-state index contributed by atoms with van der Waals surface area (Å²) in [5, 5.41) is 24.3. The van der Waals surface area contributed by atoms with E-state index < -0.39 is 5.92 Å². The summed E-state index contributed by atoms with van der Waals surface area (Å²) in [7, 11) is 0. The molecular formula is C29H30N6O2S3. The Kier molecular flexibility index (Phi) is 7.61. The molecule has 0 bridgehead atoms. The first-order valence-corrected chi connectivity index (χ1v) is 15.5. The average molecular weight is 591 g/mol. The van der Waals surface area contributed by atoms with Gasteiger partial charge in [-0.3, -0.25) is 14.5 Å². The van der Waals surface area contributed by atoms with E-state index in [-0.39, 0.29) is 28.7 Å². The monoisotopic (exact) mass is 590 g/mol. The lowest BCUT2D eigenvalue weighted by Gasteiger charge is -2.42. The number of anilines is 2. The Morgan fingerprint density at radius 3 is 2.67 bits per heavy atom. The van der Waals surface area contributed by atoms with E-state index in [1.54, 1.807) is 4.90 Å². The number of Topliss-reactive ketones (excluding diaryl/α,β-unsaturated/α-hetero) is 1. The highest BCUT2D eigenvalue weighted by atomic mass is 32.2. The summed E-state index contributed by atoms with van der Waals surface area (Å²) in [5.74, 6) is -0.177. The van der Waals surface area contributed by atoms with Gasteiger partial charge in [0, 0.05) is 28.3 Å². The van der Waals surface area contributed by atoms with Gasteiger partial charge in [-0.1, -0.05) is 54.6 Å². The number of aryl methyl sites for hydroxylation is 3. The first kappa shape index (κ1) is 28.1. The number of thiophene rings is 1. The molecule has 0 saturated heterocycles. The van der Waals surface area contributed by atoms with Crippen LogP contribution in [0.4, 0.5) is 10.8 Å². The first-order chi connectivity index (χ1) is 19.0. The number of thioether (sulfide) groups is 1. The van der Waals surface area contributed by atoms with Crippen LogP contribution in [0, 0.1) is 37.5 Å². The third-order valence-electron chi connectivity index (χ3n) is 7.11. The Labute approximate surface area is 246 Å². The lowest BCUT2D eigenvalue weighted by Crippen LogP contribution is -2.42. The molecule has 1 amide bonds. The molecule has 8 nitrogen and oxygen atoms in total. The maximum atomic E-state index is 13.6. The molecule has 1 aliphatic heterocycles. The lowest BCUT2D eigenvalue weighted by molar-refractivity contribution is -0.118. The molecule has 0 saturated carbocycles. The van der Waals surface area contributed by atoms with Crippen molar-refractivity contribution in [2.75, 3.05) is 16.0 Å². The molecule has 206 valence electrons. The molecule has 5 rings (SSSR count). The van der Waals surface area contributed by atoms with Gasteiger partial charge in [-0.05, 0) is 61.2 Å². The van der Waals surface area contributed by atoms with Crippen molar-refractivity contribution in [2.45, 2.75) is 57.7 Å². The molecule has 11 heteroatoms. The van der Waals surface area contributed by atoms with Crippen LogP contribution in [0.25, 0.3) is 0 Å². The van der Waals surface area contributed by atoms with E-state index in [1.165, 1.54) is 34.4 Å². The second kappa shape index (κ2) is 10.8. The Morgan fingerprint density at radius 2 is 2.00 bits per heavy atom. The minimum absolute atomic E-state index is 0.0245. The summed E-state index contributed by atoms with van der Waals surface area (Å²) >= 11 is 4.11. The number of carbonyl (C=O) groups is 2. The van der Waals surface area contributed by atoms with Crippen LogP contribution in [0.1, 0.15) is 54.2 Å². The molecule has 2 aromatic heterocycles.